The van der Waals surface area contributed by atoms with Gasteiger partial charge in [-0.2, -0.15) is 0 Å². The lowest BCUT2D eigenvalue weighted by Gasteiger charge is -2.14. The second kappa shape index (κ2) is 4.95. The maximum absolute atomic E-state index is 11.5. The molecule has 0 aliphatic heterocycles. The highest BCUT2D eigenvalue weighted by Gasteiger charge is 2.06. The van der Waals surface area contributed by atoms with Crippen molar-refractivity contribution in [1.82, 2.24) is 0 Å². The van der Waals surface area contributed by atoms with Crippen LogP contribution in [0.3, 0.4) is 0 Å². The number of primary amides is 1. The molecule has 0 bridgehead atoms. The van der Waals surface area contributed by atoms with Gasteiger partial charge in [-0.15, -0.1) is 0 Å². The van der Waals surface area contributed by atoms with Crippen molar-refractivity contribution >= 4 is 17.5 Å². The summed E-state index contributed by atoms with van der Waals surface area (Å²) >= 11 is 0. The van der Waals surface area contributed by atoms with Crippen LogP contribution in [0.1, 0.15) is 0 Å². The van der Waals surface area contributed by atoms with Crippen molar-refractivity contribution in [2.45, 2.75) is 0 Å². The molecular formula is C11H12N2O2. The van der Waals surface area contributed by atoms with E-state index in [9.17, 15) is 9.59 Å². The maximum Gasteiger partial charge on any atom is 0.250 e. The van der Waals surface area contributed by atoms with Crippen LogP contribution in [0.4, 0.5) is 5.69 Å². The van der Waals surface area contributed by atoms with Crippen LogP contribution < -0.4 is 10.6 Å². The largest absolute Gasteiger partial charge is 0.366 e. The van der Waals surface area contributed by atoms with Gasteiger partial charge in [0.05, 0.1) is 0 Å². The molecule has 0 unspecified atom stereocenters. The van der Waals surface area contributed by atoms with Crippen LogP contribution in [0.2, 0.25) is 0 Å². The quantitative estimate of drug-likeness (QED) is 0.736. The van der Waals surface area contributed by atoms with E-state index < -0.39 is 5.91 Å². The van der Waals surface area contributed by atoms with E-state index in [1.807, 2.05) is 18.2 Å². The molecule has 0 aliphatic rings. The van der Waals surface area contributed by atoms with Crippen LogP contribution in [0.5, 0.6) is 0 Å². The molecule has 1 aromatic carbocycles. The minimum absolute atomic E-state index is 0.292. The van der Waals surface area contributed by atoms with Crippen molar-refractivity contribution in [3.05, 3.63) is 42.5 Å². The standard InChI is InChI=1S/C11H12N2O2/c1-13(9-5-3-2-4-6-9)11(15)8-7-10(12)14/h2-8H,1H3,(H2,12,14). The predicted octanol–water partition coefficient (Wildman–Crippen LogP) is 0.691. The van der Waals surface area contributed by atoms with E-state index >= 15 is 0 Å². The molecule has 0 saturated carbocycles. The Labute approximate surface area is 88.0 Å². The molecule has 4 nitrogen and oxygen atoms in total. The molecule has 0 atom stereocenters. The Bertz CT molecular complexity index is 385. The number of likely N-dealkylation sites (N-methyl/N-ethyl adjacent to an activating group) is 1. The fraction of sp³-hybridized carbons (Fsp3) is 0.0909. The zero-order valence-corrected chi connectivity index (χ0v) is 8.38. The van der Waals surface area contributed by atoms with Gasteiger partial charge in [-0.25, -0.2) is 0 Å². The Morgan fingerprint density at radius 3 is 2.33 bits per heavy atom. The lowest BCUT2D eigenvalue weighted by Crippen LogP contribution is -2.24. The Kier molecular flexibility index (Phi) is 3.62. The Hall–Kier alpha value is -2.10. The highest BCUT2D eigenvalue weighted by Crippen LogP contribution is 2.10. The molecule has 0 saturated heterocycles. The average molecular weight is 204 g/mol. The van der Waals surface area contributed by atoms with Crippen molar-refractivity contribution < 1.29 is 9.59 Å². The molecule has 1 aromatic rings. The van der Waals surface area contributed by atoms with Crippen molar-refractivity contribution in [3.63, 3.8) is 0 Å². The van der Waals surface area contributed by atoms with E-state index in [1.165, 1.54) is 4.90 Å². The summed E-state index contributed by atoms with van der Waals surface area (Å²) in [7, 11) is 1.63. The number of carbonyl (C=O) groups excluding carboxylic acids is 2. The molecular weight excluding hydrogens is 192 g/mol. The van der Waals surface area contributed by atoms with Gasteiger partial charge in [0.15, 0.2) is 0 Å². The van der Waals surface area contributed by atoms with Crippen LogP contribution in [0.15, 0.2) is 42.5 Å². The highest BCUT2D eigenvalue weighted by molar-refractivity contribution is 6.04. The Morgan fingerprint density at radius 2 is 1.80 bits per heavy atom. The number of para-hydroxylation sites is 1. The fourth-order valence-corrected chi connectivity index (χ4v) is 1.04. The molecule has 0 aromatic heterocycles. The van der Waals surface area contributed by atoms with Crippen LogP contribution in [-0.2, 0) is 9.59 Å². The zero-order chi connectivity index (χ0) is 11.3. The van der Waals surface area contributed by atoms with E-state index in [-0.39, 0.29) is 5.91 Å². The molecule has 4 heteroatoms. The van der Waals surface area contributed by atoms with E-state index in [1.54, 1.807) is 19.2 Å². The van der Waals surface area contributed by atoms with Crippen LogP contribution in [-0.4, -0.2) is 18.9 Å². The van der Waals surface area contributed by atoms with Gasteiger partial charge >= 0.3 is 0 Å². The number of hydrogen-bond acceptors (Lipinski definition) is 2. The molecule has 0 spiro atoms. The summed E-state index contributed by atoms with van der Waals surface area (Å²) in [4.78, 5) is 23.3. The van der Waals surface area contributed by atoms with Gasteiger partial charge < -0.3 is 10.6 Å². The summed E-state index contributed by atoms with van der Waals surface area (Å²) in [5.41, 5.74) is 5.64. The lowest BCUT2D eigenvalue weighted by atomic mass is 10.3. The number of amides is 2. The first-order valence-corrected chi connectivity index (χ1v) is 4.41. The van der Waals surface area contributed by atoms with E-state index in [4.69, 9.17) is 5.73 Å². The van der Waals surface area contributed by atoms with Crippen molar-refractivity contribution in [2.24, 2.45) is 5.73 Å². The third-order valence-corrected chi connectivity index (χ3v) is 1.86. The SMILES string of the molecule is CN(C(=O)C=CC(N)=O)c1ccccc1. The molecule has 0 aliphatic carbocycles. The molecule has 78 valence electrons. The van der Waals surface area contributed by atoms with Gasteiger partial charge in [-0.1, -0.05) is 18.2 Å². The second-order valence-corrected chi connectivity index (χ2v) is 2.97. The molecule has 1 rings (SSSR count). The molecule has 0 radical (unpaired) electrons. The smallest absolute Gasteiger partial charge is 0.250 e. The van der Waals surface area contributed by atoms with Gasteiger partial charge in [-0.05, 0) is 12.1 Å². The molecule has 2 N–H and O–H groups in total. The Balaban J connectivity index is 2.74. The monoisotopic (exact) mass is 204 g/mol. The van der Waals surface area contributed by atoms with E-state index in [0.29, 0.717) is 0 Å². The van der Waals surface area contributed by atoms with Gasteiger partial charge in [0, 0.05) is 24.9 Å². The first-order chi connectivity index (χ1) is 7.11. The first-order valence-electron chi connectivity index (χ1n) is 4.41. The van der Waals surface area contributed by atoms with Crippen LogP contribution in [0.25, 0.3) is 0 Å². The van der Waals surface area contributed by atoms with E-state index in [2.05, 4.69) is 0 Å². The third-order valence-electron chi connectivity index (χ3n) is 1.86. The van der Waals surface area contributed by atoms with Crippen molar-refractivity contribution in [2.75, 3.05) is 11.9 Å². The topological polar surface area (TPSA) is 63.4 Å². The zero-order valence-electron chi connectivity index (χ0n) is 8.38. The summed E-state index contributed by atoms with van der Waals surface area (Å²) in [6.07, 6.45) is 2.19. The maximum atomic E-state index is 11.5. The van der Waals surface area contributed by atoms with Crippen LogP contribution in [0, 0.1) is 0 Å². The summed E-state index contributed by atoms with van der Waals surface area (Å²) < 4.78 is 0. The molecule has 0 fully saturated rings. The molecule has 15 heavy (non-hydrogen) atoms. The summed E-state index contributed by atoms with van der Waals surface area (Å²) in [6.45, 7) is 0. The minimum atomic E-state index is -0.634. The average Bonchev–Trinajstić information content (AvgIpc) is 2.26. The lowest BCUT2D eigenvalue weighted by molar-refractivity contribution is -0.115. The Morgan fingerprint density at radius 1 is 1.20 bits per heavy atom. The second-order valence-electron chi connectivity index (χ2n) is 2.97. The van der Waals surface area contributed by atoms with Crippen molar-refractivity contribution in [1.29, 1.82) is 0 Å². The first kappa shape index (κ1) is 11.0. The summed E-state index contributed by atoms with van der Waals surface area (Å²) in [5.74, 6) is -0.926. The summed E-state index contributed by atoms with van der Waals surface area (Å²) in [5, 5.41) is 0. The predicted molar refractivity (Wildman–Crippen MR) is 58.2 cm³/mol. The van der Waals surface area contributed by atoms with E-state index in [0.717, 1.165) is 17.8 Å². The van der Waals surface area contributed by atoms with Crippen LogP contribution >= 0.6 is 0 Å². The van der Waals surface area contributed by atoms with Crippen molar-refractivity contribution in [3.8, 4) is 0 Å². The van der Waals surface area contributed by atoms with Gasteiger partial charge in [0.1, 0.15) is 0 Å². The number of hydrogen-bond donors (Lipinski definition) is 1. The molecule has 0 heterocycles. The van der Waals surface area contributed by atoms with Gasteiger partial charge in [-0.3, -0.25) is 9.59 Å². The molecule has 2 amide bonds. The third kappa shape index (κ3) is 3.27. The number of carbonyl (C=O) groups is 2. The fourth-order valence-electron chi connectivity index (χ4n) is 1.04. The van der Waals surface area contributed by atoms with Gasteiger partial charge in [0.25, 0.3) is 5.91 Å². The summed E-state index contributed by atoms with van der Waals surface area (Å²) in [6, 6.07) is 9.13. The number of nitrogens with two attached hydrogens (primary N) is 1. The minimum Gasteiger partial charge on any atom is -0.366 e. The highest BCUT2D eigenvalue weighted by atomic mass is 16.2. The normalized spacial score (nSPS) is 10.2. The van der Waals surface area contributed by atoms with Gasteiger partial charge in [0.2, 0.25) is 5.91 Å². The number of anilines is 1. The number of rotatable bonds is 3. The number of benzene rings is 1. The number of nitrogens with zero attached hydrogens (tertiary/aromatic N) is 1.